The van der Waals surface area contributed by atoms with Gasteiger partial charge in [-0.25, -0.2) is 0 Å². The lowest BCUT2D eigenvalue weighted by molar-refractivity contribution is 1.50. The summed E-state index contributed by atoms with van der Waals surface area (Å²) in [6.07, 6.45) is 6.33. The Labute approximate surface area is 253 Å². The maximum atomic E-state index is 4.11. The van der Waals surface area contributed by atoms with Crippen LogP contribution < -0.4 is 10.4 Å². The second-order valence-corrected chi connectivity index (χ2v) is 10.9. The molecule has 0 spiro atoms. The SMILES string of the molecule is C=C/C=c1/c(-c2cccc(-c3ccccc3)c2)c2ccccc2c(-c2ccc(-c3ccc4ccccc4c3)cc2)/c1=C/C. The second-order valence-electron chi connectivity index (χ2n) is 10.9. The third-order valence-corrected chi connectivity index (χ3v) is 8.38. The molecule has 0 N–H and O–H groups in total. The van der Waals surface area contributed by atoms with Gasteiger partial charge < -0.3 is 0 Å². The van der Waals surface area contributed by atoms with E-state index in [1.807, 2.05) is 6.08 Å². The number of benzene rings is 7. The number of hydrogen-bond donors (Lipinski definition) is 0. The molecule has 0 saturated heterocycles. The van der Waals surface area contributed by atoms with Crippen LogP contribution >= 0.6 is 0 Å². The van der Waals surface area contributed by atoms with Gasteiger partial charge in [-0.15, -0.1) is 0 Å². The topological polar surface area (TPSA) is 0 Å². The van der Waals surface area contributed by atoms with Crippen molar-refractivity contribution >= 4 is 33.7 Å². The van der Waals surface area contributed by atoms with E-state index in [4.69, 9.17) is 0 Å². The van der Waals surface area contributed by atoms with E-state index >= 15 is 0 Å². The van der Waals surface area contributed by atoms with E-state index in [-0.39, 0.29) is 0 Å². The van der Waals surface area contributed by atoms with Crippen molar-refractivity contribution in [2.45, 2.75) is 6.92 Å². The molecule has 0 saturated carbocycles. The van der Waals surface area contributed by atoms with E-state index in [2.05, 4.69) is 171 Å². The van der Waals surface area contributed by atoms with E-state index in [1.54, 1.807) is 0 Å². The highest BCUT2D eigenvalue weighted by Gasteiger charge is 2.15. The van der Waals surface area contributed by atoms with Crippen molar-refractivity contribution in [2.24, 2.45) is 0 Å². The minimum absolute atomic E-state index is 1.19. The Morgan fingerprint density at radius 2 is 0.953 bits per heavy atom. The Morgan fingerprint density at radius 1 is 0.419 bits per heavy atom. The summed E-state index contributed by atoms with van der Waals surface area (Å²) in [5.74, 6) is 0. The average molecular weight is 549 g/mol. The van der Waals surface area contributed by atoms with Crippen molar-refractivity contribution in [1.29, 1.82) is 0 Å². The van der Waals surface area contributed by atoms with Crippen LogP contribution in [-0.4, -0.2) is 0 Å². The Balaban J connectivity index is 1.44. The fourth-order valence-corrected chi connectivity index (χ4v) is 6.37. The van der Waals surface area contributed by atoms with Crippen molar-refractivity contribution in [3.63, 3.8) is 0 Å². The van der Waals surface area contributed by atoms with Gasteiger partial charge in [0.15, 0.2) is 0 Å². The zero-order valence-corrected chi connectivity index (χ0v) is 24.3. The fraction of sp³-hybridized carbons (Fsp3) is 0.0233. The normalized spacial score (nSPS) is 12.2. The molecule has 0 aromatic heterocycles. The first kappa shape index (κ1) is 26.4. The van der Waals surface area contributed by atoms with Crippen LogP contribution in [0.3, 0.4) is 0 Å². The van der Waals surface area contributed by atoms with Crippen LogP contribution in [0.5, 0.6) is 0 Å². The van der Waals surface area contributed by atoms with E-state index < -0.39 is 0 Å². The minimum Gasteiger partial charge on any atom is -0.0990 e. The number of hydrogen-bond acceptors (Lipinski definition) is 0. The fourth-order valence-electron chi connectivity index (χ4n) is 6.37. The minimum atomic E-state index is 1.19. The molecule has 7 aromatic carbocycles. The molecular formula is C43H32. The van der Waals surface area contributed by atoms with E-state index in [9.17, 15) is 0 Å². The molecule has 204 valence electrons. The van der Waals surface area contributed by atoms with Gasteiger partial charge >= 0.3 is 0 Å². The Bertz CT molecular complexity index is 2230. The molecule has 0 radical (unpaired) electrons. The molecule has 7 aromatic rings. The summed E-state index contributed by atoms with van der Waals surface area (Å²) in [6, 6.07) is 52.6. The second kappa shape index (κ2) is 11.4. The maximum Gasteiger partial charge on any atom is -0.00263 e. The molecule has 7 rings (SSSR count). The van der Waals surface area contributed by atoms with Gasteiger partial charge in [-0.05, 0) is 95.5 Å². The lowest BCUT2D eigenvalue weighted by Gasteiger charge is -2.17. The van der Waals surface area contributed by atoms with Crippen molar-refractivity contribution in [1.82, 2.24) is 0 Å². The Hall–Kier alpha value is -5.46. The van der Waals surface area contributed by atoms with Crippen LogP contribution in [0.4, 0.5) is 0 Å². The third kappa shape index (κ3) is 4.88. The molecule has 0 aliphatic heterocycles. The highest BCUT2D eigenvalue weighted by atomic mass is 14.2. The predicted octanol–water partition coefficient (Wildman–Crippen LogP) is 10.4. The molecule has 0 bridgehead atoms. The number of fused-ring (bicyclic) bond motifs is 2. The molecule has 43 heavy (non-hydrogen) atoms. The van der Waals surface area contributed by atoms with E-state index in [0.29, 0.717) is 0 Å². The summed E-state index contributed by atoms with van der Waals surface area (Å²) in [4.78, 5) is 0. The lowest BCUT2D eigenvalue weighted by atomic mass is 9.87. The van der Waals surface area contributed by atoms with Crippen LogP contribution in [0.1, 0.15) is 6.92 Å². The molecule has 0 aliphatic rings. The molecule has 0 heterocycles. The molecule has 0 heteroatoms. The van der Waals surface area contributed by atoms with Gasteiger partial charge in [0, 0.05) is 0 Å². The highest BCUT2D eigenvalue weighted by Crippen LogP contribution is 2.34. The van der Waals surface area contributed by atoms with E-state index in [0.717, 1.165) is 0 Å². The number of rotatable bonds is 5. The molecule has 0 aliphatic carbocycles. The van der Waals surface area contributed by atoms with Gasteiger partial charge in [-0.1, -0.05) is 158 Å². The summed E-state index contributed by atoms with van der Waals surface area (Å²) in [6.45, 7) is 6.25. The summed E-state index contributed by atoms with van der Waals surface area (Å²) < 4.78 is 0. The third-order valence-electron chi connectivity index (χ3n) is 8.38. The van der Waals surface area contributed by atoms with Crippen molar-refractivity contribution in [3.05, 3.63) is 169 Å². The van der Waals surface area contributed by atoms with Crippen LogP contribution in [0.2, 0.25) is 0 Å². The van der Waals surface area contributed by atoms with Crippen molar-refractivity contribution < 1.29 is 0 Å². The molecule has 0 nitrogen and oxygen atoms in total. The summed E-state index contributed by atoms with van der Waals surface area (Å²) in [5, 5.41) is 7.41. The molecular weight excluding hydrogens is 516 g/mol. The lowest BCUT2D eigenvalue weighted by Crippen LogP contribution is -2.29. The van der Waals surface area contributed by atoms with Crippen LogP contribution in [-0.2, 0) is 0 Å². The zero-order chi connectivity index (χ0) is 29.2. The van der Waals surface area contributed by atoms with Crippen LogP contribution in [0.25, 0.3) is 78.2 Å². The first-order valence-corrected chi connectivity index (χ1v) is 14.8. The predicted molar refractivity (Wildman–Crippen MR) is 187 cm³/mol. The van der Waals surface area contributed by atoms with Gasteiger partial charge in [0.1, 0.15) is 0 Å². The highest BCUT2D eigenvalue weighted by molar-refractivity contribution is 6.06. The Morgan fingerprint density at radius 3 is 1.67 bits per heavy atom. The molecule has 0 unspecified atom stereocenters. The number of allylic oxidation sites excluding steroid dienone is 1. The largest absolute Gasteiger partial charge is 0.0990 e. The van der Waals surface area contributed by atoms with Gasteiger partial charge in [0.05, 0.1) is 0 Å². The molecule has 0 amide bonds. The van der Waals surface area contributed by atoms with Crippen LogP contribution in [0, 0.1) is 0 Å². The van der Waals surface area contributed by atoms with Crippen LogP contribution in [0.15, 0.2) is 158 Å². The van der Waals surface area contributed by atoms with Crippen molar-refractivity contribution in [2.75, 3.05) is 0 Å². The summed E-state index contributed by atoms with van der Waals surface area (Å²) in [7, 11) is 0. The van der Waals surface area contributed by atoms with Gasteiger partial charge in [-0.3, -0.25) is 0 Å². The van der Waals surface area contributed by atoms with E-state index in [1.165, 1.54) is 76.5 Å². The van der Waals surface area contributed by atoms with Gasteiger partial charge in [0.25, 0.3) is 0 Å². The smallest absolute Gasteiger partial charge is 0.00263 e. The first-order valence-electron chi connectivity index (χ1n) is 14.8. The summed E-state index contributed by atoms with van der Waals surface area (Å²) >= 11 is 0. The maximum absolute atomic E-state index is 4.11. The Kier molecular flexibility index (Phi) is 7.03. The molecule has 0 atom stereocenters. The monoisotopic (exact) mass is 548 g/mol. The zero-order valence-electron chi connectivity index (χ0n) is 24.3. The quantitative estimate of drug-likeness (QED) is 0.201. The van der Waals surface area contributed by atoms with Crippen molar-refractivity contribution in [3.8, 4) is 44.5 Å². The first-order chi connectivity index (χ1) is 21.2. The van der Waals surface area contributed by atoms with Gasteiger partial charge in [-0.2, -0.15) is 0 Å². The van der Waals surface area contributed by atoms with Gasteiger partial charge in [0.2, 0.25) is 0 Å². The average Bonchev–Trinajstić information content (AvgIpc) is 3.08. The standard InChI is InChI=1S/C43H32/c1-3-13-39-38(4-2)42(33-25-22-32(23-26-33)36-27-24-31-16-8-9-17-34(31)28-36)40-20-10-11-21-41(40)43(39)37-19-12-18-35(29-37)30-14-6-5-7-15-30/h3-29H,1H2,2H3/b38-4+,39-13+. The molecule has 0 fully saturated rings. The summed E-state index contributed by atoms with van der Waals surface area (Å²) in [5.41, 5.74) is 9.76.